The molecule has 1 aromatic heterocycles. The summed E-state index contributed by atoms with van der Waals surface area (Å²) in [4.78, 5) is 19.0. The molecular formula is C23H31ClN4O2. The lowest BCUT2D eigenvalue weighted by Gasteiger charge is -2.36. The smallest absolute Gasteiger partial charge is 0.222 e. The van der Waals surface area contributed by atoms with Crippen LogP contribution in [0.4, 0.5) is 5.82 Å². The number of benzene rings is 1. The molecular weight excluding hydrogens is 400 g/mol. The molecule has 1 saturated carbocycles. The number of rotatable bonds is 5. The van der Waals surface area contributed by atoms with Crippen LogP contribution in [0.5, 0.6) is 0 Å². The molecule has 1 aliphatic carbocycles. The number of carbonyl (C=O) groups is 1. The SMILES string of the molecule is CCC(=O)N1CC12CCC(CCN1CCN(c3noc4cc(Cl)ccc34)CC1)CC2. The summed E-state index contributed by atoms with van der Waals surface area (Å²) >= 11 is 6.05. The second-order valence-electron chi connectivity index (χ2n) is 9.27. The van der Waals surface area contributed by atoms with Crippen LogP contribution in [0.25, 0.3) is 11.0 Å². The van der Waals surface area contributed by atoms with Crippen LogP contribution in [-0.4, -0.2) is 65.7 Å². The van der Waals surface area contributed by atoms with E-state index in [-0.39, 0.29) is 5.54 Å². The van der Waals surface area contributed by atoms with Crippen molar-refractivity contribution >= 4 is 34.3 Å². The Balaban J connectivity index is 1.07. The van der Waals surface area contributed by atoms with Crippen molar-refractivity contribution in [2.75, 3.05) is 44.2 Å². The Morgan fingerprint density at radius 1 is 1.23 bits per heavy atom. The molecule has 0 atom stereocenters. The van der Waals surface area contributed by atoms with Gasteiger partial charge in [0.2, 0.25) is 5.91 Å². The normalized spacial score (nSPS) is 27.2. The third-order valence-corrected chi connectivity index (χ3v) is 7.74. The summed E-state index contributed by atoms with van der Waals surface area (Å²) in [6.45, 7) is 8.25. The molecule has 3 fully saturated rings. The first-order valence-corrected chi connectivity index (χ1v) is 11.8. The van der Waals surface area contributed by atoms with Crippen molar-refractivity contribution in [1.29, 1.82) is 0 Å². The summed E-state index contributed by atoms with van der Waals surface area (Å²) in [5, 5.41) is 6.01. The molecule has 0 N–H and O–H groups in total. The van der Waals surface area contributed by atoms with E-state index in [9.17, 15) is 4.79 Å². The van der Waals surface area contributed by atoms with E-state index in [4.69, 9.17) is 16.1 Å². The van der Waals surface area contributed by atoms with Crippen molar-refractivity contribution in [3.63, 3.8) is 0 Å². The molecule has 0 bridgehead atoms. The highest BCUT2D eigenvalue weighted by Crippen LogP contribution is 2.47. The first kappa shape index (κ1) is 20.1. The molecule has 3 aliphatic rings. The molecule has 0 radical (unpaired) electrons. The standard InChI is InChI=1S/C23H31ClN4O2/c1-2-21(29)28-16-23(28)8-5-17(6-9-23)7-10-26-11-13-27(14-12-26)22-19-4-3-18(24)15-20(19)30-25-22/h3-4,15,17H,2,5-14,16H2,1H3. The Morgan fingerprint density at radius 2 is 2.00 bits per heavy atom. The molecule has 2 aromatic rings. The van der Waals surface area contributed by atoms with Crippen molar-refractivity contribution in [1.82, 2.24) is 15.0 Å². The number of hydrogen-bond acceptors (Lipinski definition) is 5. The van der Waals surface area contributed by atoms with Gasteiger partial charge in [-0.2, -0.15) is 0 Å². The summed E-state index contributed by atoms with van der Waals surface area (Å²) < 4.78 is 5.47. The van der Waals surface area contributed by atoms with Crippen LogP contribution in [0.2, 0.25) is 5.02 Å². The average molecular weight is 431 g/mol. The van der Waals surface area contributed by atoms with Crippen molar-refractivity contribution in [3.05, 3.63) is 23.2 Å². The number of aromatic nitrogens is 1. The summed E-state index contributed by atoms with van der Waals surface area (Å²) in [6, 6.07) is 5.73. The fourth-order valence-electron chi connectivity index (χ4n) is 5.41. The zero-order chi connectivity index (χ0) is 20.7. The maximum Gasteiger partial charge on any atom is 0.222 e. The van der Waals surface area contributed by atoms with E-state index in [2.05, 4.69) is 19.9 Å². The summed E-state index contributed by atoms with van der Waals surface area (Å²) in [6.07, 6.45) is 6.90. The molecule has 1 amide bonds. The van der Waals surface area contributed by atoms with Gasteiger partial charge in [-0.15, -0.1) is 0 Å². The van der Waals surface area contributed by atoms with E-state index in [0.717, 1.165) is 55.4 Å². The van der Waals surface area contributed by atoms with Crippen LogP contribution in [0, 0.1) is 5.92 Å². The molecule has 7 heteroatoms. The molecule has 2 saturated heterocycles. The largest absolute Gasteiger partial charge is 0.354 e. The molecule has 0 unspecified atom stereocenters. The van der Waals surface area contributed by atoms with Gasteiger partial charge in [0.05, 0.1) is 10.9 Å². The zero-order valence-corrected chi connectivity index (χ0v) is 18.5. The minimum absolute atomic E-state index is 0.250. The van der Waals surface area contributed by atoms with Crippen LogP contribution in [0.3, 0.4) is 0 Å². The molecule has 3 heterocycles. The zero-order valence-electron chi connectivity index (χ0n) is 17.8. The number of anilines is 1. The third-order valence-electron chi connectivity index (χ3n) is 7.50. The fourth-order valence-corrected chi connectivity index (χ4v) is 5.57. The van der Waals surface area contributed by atoms with E-state index in [1.54, 1.807) is 0 Å². The van der Waals surface area contributed by atoms with Crippen LogP contribution >= 0.6 is 11.6 Å². The lowest BCUT2D eigenvalue weighted by molar-refractivity contribution is -0.127. The molecule has 2 aliphatic heterocycles. The number of nitrogens with zero attached hydrogens (tertiary/aromatic N) is 4. The maximum absolute atomic E-state index is 12.0. The Kier molecular flexibility index (Phi) is 5.40. The number of amides is 1. The van der Waals surface area contributed by atoms with Crippen molar-refractivity contribution in [2.24, 2.45) is 5.92 Å². The summed E-state index contributed by atoms with van der Waals surface area (Å²) in [7, 11) is 0. The Labute approximate surface area is 183 Å². The van der Waals surface area contributed by atoms with E-state index < -0.39 is 0 Å². The minimum Gasteiger partial charge on any atom is -0.354 e. The van der Waals surface area contributed by atoms with Gasteiger partial charge in [0, 0.05) is 50.2 Å². The number of fused-ring (bicyclic) bond motifs is 1. The van der Waals surface area contributed by atoms with Crippen LogP contribution in [0.1, 0.15) is 45.4 Å². The van der Waals surface area contributed by atoms with E-state index in [0.29, 0.717) is 17.4 Å². The Hall–Kier alpha value is -1.79. The molecule has 6 nitrogen and oxygen atoms in total. The fraction of sp³-hybridized carbons (Fsp3) is 0.652. The maximum atomic E-state index is 12.0. The number of carbonyl (C=O) groups excluding carboxylic acids is 1. The van der Waals surface area contributed by atoms with E-state index in [1.807, 2.05) is 25.1 Å². The van der Waals surface area contributed by atoms with Crippen molar-refractivity contribution < 1.29 is 9.32 Å². The van der Waals surface area contributed by atoms with Crippen LogP contribution < -0.4 is 4.90 Å². The van der Waals surface area contributed by atoms with Gasteiger partial charge in [0.15, 0.2) is 11.4 Å². The second-order valence-corrected chi connectivity index (χ2v) is 9.70. The lowest BCUT2D eigenvalue weighted by Crippen LogP contribution is -2.47. The minimum atomic E-state index is 0.250. The monoisotopic (exact) mass is 430 g/mol. The highest BCUT2D eigenvalue weighted by atomic mass is 35.5. The summed E-state index contributed by atoms with van der Waals surface area (Å²) in [5.41, 5.74) is 1.00. The highest BCUT2D eigenvalue weighted by molar-refractivity contribution is 6.31. The van der Waals surface area contributed by atoms with Gasteiger partial charge in [-0.05, 0) is 56.7 Å². The Bertz CT molecular complexity index is 913. The van der Waals surface area contributed by atoms with Crippen LogP contribution in [-0.2, 0) is 4.79 Å². The van der Waals surface area contributed by atoms with Gasteiger partial charge in [-0.3, -0.25) is 9.69 Å². The van der Waals surface area contributed by atoms with E-state index in [1.165, 1.54) is 38.6 Å². The van der Waals surface area contributed by atoms with Crippen LogP contribution in [0.15, 0.2) is 22.7 Å². The first-order chi connectivity index (χ1) is 14.6. The van der Waals surface area contributed by atoms with E-state index >= 15 is 0 Å². The third kappa shape index (κ3) is 3.80. The topological polar surface area (TPSA) is 52.6 Å². The molecule has 30 heavy (non-hydrogen) atoms. The quantitative estimate of drug-likeness (QED) is 0.666. The predicted molar refractivity (Wildman–Crippen MR) is 119 cm³/mol. The average Bonchev–Trinajstić information content (AvgIpc) is 3.31. The van der Waals surface area contributed by atoms with Gasteiger partial charge in [0.25, 0.3) is 0 Å². The lowest BCUT2D eigenvalue weighted by atomic mass is 9.80. The molecule has 1 spiro atoms. The van der Waals surface area contributed by atoms with Gasteiger partial charge in [0.1, 0.15) is 0 Å². The van der Waals surface area contributed by atoms with Crippen molar-refractivity contribution in [3.8, 4) is 0 Å². The molecule has 5 rings (SSSR count). The van der Waals surface area contributed by atoms with Gasteiger partial charge < -0.3 is 14.3 Å². The highest BCUT2D eigenvalue weighted by Gasteiger charge is 2.54. The van der Waals surface area contributed by atoms with Gasteiger partial charge in [-0.25, -0.2) is 0 Å². The summed E-state index contributed by atoms with van der Waals surface area (Å²) in [5.74, 6) is 2.10. The predicted octanol–water partition coefficient (Wildman–Crippen LogP) is 4.17. The molecule has 1 aromatic carbocycles. The van der Waals surface area contributed by atoms with Gasteiger partial charge >= 0.3 is 0 Å². The van der Waals surface area contributed by atoms with Gasteiger partial charge in [-0.1, -0.05) is 23.7 Å². The number of piperazine rings is 1. The van der Waals surface area contributed by atoms with Crippen molar-refractivity contribution in [2.45, 2.75) is 51.0 Å². The second kappa shape index (κ2) is 8.04. The first-order valence-electron chi connectivity index (χ1n) is 11.4. The Morgan fingerprint density at radius 3 is 2.73 bits per heavy atom. The molecule has 162 valence electrons. The number of hydrogen-bond donors (Lipinski definition) is 0. The number of halogens is 1.